The van der Waals surface area contributed by atoms with E-state index in [-0.39, 0.29) is 6.04 Å². The molecular formula is C12H25N5. The van der Waals surface area contributed by atoms with Gasteiger partial charge in [-0.3, -0.25) is 0 Å². The first-order chi connectivity index (χ1) is 8.10. The van der Waals surface area contributed by atoms with Crippen LogP contribution in [0.4, 0.5) is 0 Å². The van der Waals surface area contributed by atoms with E-state index in [1.165, 1.54) is 6.42 Å². The largest absolute Gasteiger partial charge is 0.308 e. The quantitative estimate of drug-likeness (QED) is 0.793. The maximum atomic E-state index is 4.13. The molecule has 0 aliphatic carbocycles. The van der Waals surface area contributed by atoms with Crippen LogP contribution >= 0.6 is 0 Å². The van der Waals surface area contributed by atoms with Gasteiger partial charge in [-0.1, -0.05) is 27.2 Å². The fourth-order valence-corrected chi connectivity index (χ4v) is 2.05. The van der Waals surface area contributed by atoms with Crippen LogP contribution in [0.3, 0.4) is 0 Å². The number of tetrazole rings is 1. The molecule has 0 bridgehead atoms. The van der Waals surface area contributed by atoms with Crippen molar-refractivity contribution in [2.75, 3.05) is 6.54 Å². The average Bonchev–Trinajstić information content (AvgIpc) is 2.78. The predicted octanol–water partition coefficient (Wildman–Crippen LogP) is 2.34. The SMILES string of the molecule is CCNC(C)c1nnnn1C(C)CC(C)CC. The minimum Gasteiger partial charge on any atom is -0.308 e. The molecule has 5 heteroatoms. The summed E-state index contributed by atoms with van der Waals surface area (Å²) in [7, 11) is 0. The fraction of sp³-hybridized carbons (Fsp3) is 0.917. The Labute approximate surface area is 104 Å². The minimum atomic E-state index is 0.203. The van der Waals surface area contributed by atoms with Gasteiger partial charge in [-0.15, -0.1) is 5.10 Å². The highest BCUT2D eigenvalue weighted by Gasteiger charge is 2.18. The molecule has 0 saturated heterocycles. The molecule has 0 radical (unpaired) electrons. The molecule has 98 valence electrons. The molecule has 0 amide bonds. The molecular weight excluding hydrogens is 214 g/mol. The predicted molar refractivity (Wildman–Crippen MR) is 68.7 cm³/mol. The van der Waals surface area contributed by atoms with Gasteiger partial charge in [0.2, 0.25) is 0 Å². The van der Waals surface area contributed by atoms with Crippen molar-refractivity contribution >= 4 is 0 Å². The van der Waals surface area contributed by atoms with Crippen molar-refractivity contribution in [3.05, 3.63) is 5.82 Å². The van der Waals surface area contributed by atoms with Crippen LogP contribution in [-0.4, -0.2) is 26.8 Å². The van der Waals surface area contributed by atoms with Crippen molar-refractivity contribution in [1.82, 2.24) is 25.5 Å². The van der Waals surface area contributed by atoms with E-state index < -0.39 is 0 Å². The highest BCUT2D eigenvalue weighted by atomic mass is 15.6. The molecule has 1 N–H and O–H groups in total. The van der Waals surface area contributed by atoms with Crippen molar-refractivity contribution in [3.8, 4) is 0 Å². The van der Waals surface area contributed by atoms with Crippen LogP contribution in [0.25, 0.3) is 0 Å². The molecule has 3 atom stereocenters. The Bertz CT molecular complexity index is 322. The van der Waals surface area contributed by atoms with Gasteiger partial charge >= 0.3 is 0 Å². The van der Waals surface area contributed by atoms with Gasteiger partial charge in [0.25, 0.3) is 0 Å². The zero-order valence-corrected chi connectivity index (χ0v) is 11.6. The fourth-order valence-electron chi connectivity index (χ4n) is 2.05. The van der Waals surface area contributed by atoms with E-state index in [1.807, 2.05) is 4.68 Å². The Balaban J connectivity index is 2.73. The van der Waals surface area contributed by atoms with Gasteiger partial charge in [-0.25, -0.2) is 4.68 Å². The second kappa shape index (κ2) is 6.69. The summed E-state index contributed by atoms with van der Waals surface area (Å²) >= 11 is 0. The Hall–Kier alpha value is -0.970. The second-order valence-corrected chi connectivity index (χ2v) is 4.86. The molecule has 0 aliphatic rings. The lowest BCUT2D eigenvalue weighted by molar-refractivity contribution is 0.351. The molecule has 0 fully saturated rings. The molecule has 3 unspecified atom stereocenters. The first-order valence-electron chi connectivity index (χ1n) is 6.61. The summed E-state index contributed by atoms with van der Waals surface area (Å²) in [5, 5.41) is 15.4. The lowest BCUT2D eigenvalue weighted by atomic mass is 10.0. The summed E-state index contributed by atoms with van der Waals surface area (Å²) in [4.78, 5) is 0. The monoisotopic (exact) mass is 239 g/mol. The molecule has 1 heterocycles. The van der Waals surface area contributed by atoms with E-state index >= 15 is 0 Å². The molecule has 17 heavy (non-hydrogen) atoms. The second-order valence-electron chi connectivity index (χ2n) is 4.86. The van der Waals surface area contributed by atoms with Gasteiger partial charge in [-0.05, 0) is 43.2 Å². The van der Waals surface area contributed by atoms with Crippen molar-refractivity contribution in [2.45, 2.75) is 59.5 Å². The third kappa shape index (κ3) is 3.77. The summed E-state index contributed by atoms with van der Waals surface area (Å²) in [5.41, 5.74) is 0. The maximum absolute atomic E-state index is 4.13. The zero-order valence-electron chi connectivity index (χ0n) is 11.6. The van der Waals surface area contributed by atoms with Crippen LogP contribution in [-0.2, 0) is 0 Å². The Morgan fingerprint density at radius 3 is 2.53 bits per heavy atom. The van der Waals surface area contributed by atoms with Gasteiger partial charge < -0.3 is 5.32 Å². The van der Waals surface area contributed by atoms with Crippen LogP contribution in [0, 0.1) is 5.92 Å². The molecule has 1 aromatic heterocycles. The standard InChI is InChI=1S/C12H25N5/c1-6-9(3)8-10(4)17-12(14-15-16-17)11(5)13-7-2/h9-11,13H,6-8H2,1-5H3. The van der Waals surface area contributed by atoms with Crippen LogP contribution in [0.5, 0.6) is 0 Å². The van der Waals surface area contributed by atoms with Crippen LogP contribution < -0.4 is 5.32 Å². The third-order valence-corrected chi connectivity index (χ3v) is 3.27. The molecule has 1 rings (SSSR count). The molecule has 0 aromatic carbocycles. The summed E-state index contributed by atoms with van der Waals surface area (Å²) < 4.78 is 1.96. The van der Waals surface area contributed by atoms with Gasteiger partial charge in [0, 0.05) is 0 Å². The number of hydrogen-bond donors (Lipinski definition) is 1. The first-order valence-corrected chi connectivity index (χ1v) is 6.61. The van der Waals surface area contributed by atoms with Gasteiger partial charge in [0.15, 0.2) is 5.82 Å². The van der Waals surface area contributed by atoms with E-state index in [9.17, 15) is 0 Å². The Kier molecular flexibility index (Phi) is 5.55. The van der Waals surface area contributed by atoms with Crippen molar-refractivity contribution in [2.24, 2.45) is 5.92 Å². The summed E-state index contributed by atoms with van der Waals surface area (Å²) in [5.74, 6) is 1.64. The molecule has 5 nitrogen and oxygen atoms in total. The van der Waals surface area contributed by atoms with E-state index in [1.54, 1.807) is 0 Å². The average molecular weight is 239 g/mol. The first kappa shape index (κ1) is 14.1. The molecule has 0 saturated carbocycles. The number of rotatable bonds is 7. The lowest BCUT2D eigenvalue weighted by Gasteiger charge is -2.19. The maximum Gasteiger partial charge on any atom is 0.168 e. The topological polar surface area (TPSA) is 55.6 Å². The molecule has 1 aromatic rings. The smallest absolute Gasteiger partial charge is 0.168 e. The summed E-state index contributed by atoms with van der Waals surface area (Å²) in [6.07, 6.45) is 2.32. The highest BCUT2D eigenvalue weighted by Crippen LogP contribution is 2.21. The van der Waals surface area contributed by atoms with Crippen molar-refractivity contribution in [3.63, 3.8) is 0 Å². The van der Waals surface area contributed by atoms with Crippen LogP contribution in [0.15, 0.2) is 0 Å². The molecule has 0 aliphatic heterocycles. The number of nitrogens with one attached hydrogen (secondary N) is 1. The van der Waals surface area contributed by atoms with E-state index in [0.717, 1.165) is 18.8 Å². The lowest BCUT2D eigenvalue weighted by Crippen LogP contribution is -2.24. The number of nitrogens with zero attached hydrogens (tertiary/aromatic N) is 4. The van der Waals surface area contributed by atoms with Gasteiger partial charge in [0.05, 0.1) is 12.1 Å². The summed E-state index contributed by atoms with van der Waals surface area (Å²) in [6.45, 7) is 11.8. The van der Waals surface area contributed by atoms with E-state index in [2.05, 4.69) is 55.5 Å². The minimum absolute atomic E-state index is 0.203. The Morgan fingerprint density at radius 1 is 1.24 bits per heavy atom. The number of hydrogen-bond acceptors (Lipinski definition) is 4. The summed E-state index contributed by atoms with van der Waals surface area (Å²) in [6, 6.07) is 0.561. The van der Waals surface area contributed by atoms with E-state index in [4.69, 9.17) is 0 Å². The van der Waals surface area contributed by atoms with E-state index in [0.29, 0.717) is 12.0 Å². The normalized spacial score (nSPS) is 16.8. The number of aromatic nitrogens is 4. The van der Waals surface area contributed by atoms with Crippen molar-refractivity contribution < 1.29 is 0 Å². The third-order valence-electron chi connectivity index (χ3n) is 3.27. The zero-order chi connectivity index (χ0) is 12.8. The van der Waals surface area contributed by atoms with Crippen LogP contribution in [0.2, 0.25) is 0 Å². The Morgan fingerprint density at radius 2 is 1.94 bits per heavy atom. The molecule has 0 spiro atoms. The highest BCUT2D eigenvalue weighted by molar-refractivity contribution is 4.91. The van der Waals surface area contributed by atoms with Crippen LogP contribution in [0.1, 0.15) is 65.4 Å². The van der Waals surface area contributed by atoms with Gasteiger partial charge in [-0.2, -0.15) is 0 Å². The van der Waals surface area contributed by atoms with Crippen molar-refractivity contribution in [1.29, 1.82) is 0 Å². The van der Waals surface area contributed by atoms with Gasteiger partial charge in [0.1, 0.15) is 0 Å².